The maximum Gasteiger partial charge on any atom is 0.399 e. The highest BCUT2D eigenvalue weighted by Gasteiger charge is 2.41. The third-order valence-corrected chi connectivity index (χ3v) is 2.87. The normalized spacial score (nSPS) is 10.3. The Balaban J connectivity index is 0.00000112. The predicted molar refractivity (Wildman–Crippen MR) is 92.3 cm³/mol. The van der Waals surface area contributed by atoms with Crippen LogP contribution in [0.4, 0.5) is 24.5 Å². The summed E-state index contributed by atoms with van der Waals surface area (Å²) < 4.78 is 39.7. The minimum Gasteiger partial charge on any atom is -0.399 e. The molecule has 0 aliphatic rings. The Labute approximate surface area is 136 Å². The van der Waals surface area contributed by atoms with Crippen molar-refractivity contribution in [3.63, 3.8) is 0 Å². The van der Waals surface area contributed by atoms with Crippen LogP contribution in [0.5, 0.6) is 0 Å². The minimum absolute atomic E-state index is 0.159. The Hall–Kier alpha value is -2.17. The van der Waals surface area contributed by atoms with E-state index in [-0.39, 0.29) is 11.1 Å². The average molecular weight is 326 g/mol. The summed E-state index contributed by atoms with van der Waals surface area (Å²) in [4.78, 5) is 0. The fourth-order valence-electron chi connectivity index (χ4n) is 1.95. The Morgan fingerprint density at radius 1 is 0.652 bits per heavy atom. The highest BCUT2D eigenvalue weighted by molar-refractivity contribution is 5.46. The van der Waals surface area contributed by atoms with Crippen molar-refractivity contribution in [2.45, 2.75) is 39.8 Å². The molecule has 5 heteroatoms. The van der Waals surface area contributed by atoms with E-state index in [1.54, 1.807) is 0 Å². The molecule has 0 bridgehead atoms. The number of nitrogen functional groups attached to an aromatic ring is 2. The molecule has 0 aliphatic carbocycles. The standard InChI is InChI=1S/C14H13F3N2.2C2H6/c15-14(16,17)13(9-1-5-11(18)6-2-9)10-3-7-12(19)8-4-10;2*1-2/h1-8,13H,18-19H2;2*1-2H3. The van der Waals surface area contributed by atoms with Gasteiger partial charge in [-0.1, -0.05) is 52.0 Å². The molecule has 128 valence electrons. The molecule has 2 nitrogen and oxygen atoms in total. The Bertz CT molecular complexity index is 500. The number of anilines is 2. The first-order chi connectivity index (χ1) is 10.9. The molecule has 2 rings (SSSR count). The summed E-state index contributed by atoms with van der Waals surface area (Å²) >= 11 is 0. The monoisotopic (exact) mass is 326 g/mol. The van der Waals surface area contributed by atoms with Crippen molar-refractivity contribution in [1.82, 2.24) is 0 Å². The molecule has 0 spiro atoms. The summed E-state index contributed by atoms with van der Waals surface area (Å²) in [5, 5.41) is 0. The zero-order valence-corrected chi connectivity index (χ0v) is 14.0. The summed E-state index contributed by atoms with van der Waals surface area (Å²) in [6.07, 6.45) is -4.37. The van der Waals surface area contributed by atoms with Crippen molar-refractivity contribution in [2.24, 2.45) is 0 Å². The number of hydrogen-bond acceptors (Lipinski definition) is 2. The summed E-state index contributed by atoms with van der Waals surface area (Å²) in [6.45, 7) is 8.00. The van der Waals surface area contributed by atoms with E-state index in [4.69, 9.17) is 11.5 Å². The molecule has 0 atom stereocenters. The molecular formula is C18H25F3N2. The summed E-state index contributed by atoms with van der Waals surface area (Å²) in [5.74, 6) is -1.67. The Kier molecular flexibility index (Phi) is 8.85. The largest absolute Gasteiger partial charge is 0.399 e. The molecule has 0 fully saturated rings. The lowest BCUT2D eigenvalue weighted by Crippen LogP contribution is -2.22. The number of alkyl halides is 3. The van der Waals surface area contributed by atoms with E-state index in [9.17, 15) is 13.2 Å². The molecular weight excluding hydrogens is 301 g/mol. The maximum absolute atomic E-state index is 13.2. The topological polar surface area (TPSA) is 52.0 Å². The van der Waals surface area contributed by atoms with E-state index >= 15 is 0 Å². The summed E-state index contributed by atoms with van der Waals surface area (Å²) in [5.41, 5.74) is 12.2. The van der Waals surface area contributed by atoms with Gasteiger partial charge in [-0.25, -0.2) is 0 Å². The molecule has 0 amide bonds. The van der Waals surface area contributed by atoms with Gasteiger partial charge in [-0.3, -0.25) is 0 Å². The van der Waals surface area contributed by atoms with Gasteiger partial charge in [0.25, 0.3) is 0 Å². The van der Waals surface area contributed by atoms with Crippen LogP contribution in [0.2, 0.25) is 0 Å². The lowest BCUT2D eigenvalue weighted by atomic mass is 9.90. The highest BCUT2D eigenvalue weighted by atomic mass is 19.4. The molecule has 0 aromatic heterocycles. The van der Waals surface area contributed by atoms with Gasteiger partial charge in [0.15, 0.2) is 0 Å². The molecule has 0 unspecified atom stereocenters. The number of benzene rings is 2. The average Bonchev–Trinajstić information content (AvgIpc) is 2.54. The van der Waals surface area contributed by atoms with Crippen molar-refractivity contribution < 1.29 is 13.2 Å². The van der Waals surface area contributed by atoms with Crippen LogP contribution >= 0.6 is 0 Å². The SMILES string of the molecule is CC.CC.Nc1ccc(C(c2ccc(N)cc2)C(F)(F)F)cc1. The first-order valence-corrected chi connectivity index (χ1v) is 7.65. The van der Waals surface area contributed by atoms with E-state index in [0.717, 1.165) is 0 Å². The second-order valence-electron chi connectivity index (χ2n) is 4.31. The number of halogens is 3. The predicted octanol–water partition coefficient (Wildman–Crippen LogP) is 5.60. The molecule has 2 aromatic rings. The highest BCUT2D eigenvalue weighted by Crippen LogP contribution is 2.40. The molecule has 0 saturated heterocycles. The zero-order chi connectivity index (χ0) is 18.0. The van der Waals surface area contributed by atoms with Crippen LogP contribution < -0.4 is 11.5 Å². The van der Waals surface area contributed by atoms with Gasteiger partial charge >= 0.3 is 6.18 Å². The fraction of sp³-hybridized carbons (Fsp3) is 0.333. The molecule has 23 heavy (non-hydrogen) atoms. The number of hydrogen-bond donors (Lipinski definition) is 2. The van der Waals surface area contributed by atoms with Gasteiger partial charge in [0.05, 0.1) is 0 Å². The zero-order valence-electron chi connectivity index (χ0n) is 14.0. The van der Waals surface area contributed by atoms with Gasteiger partial charge in [0, 0.05) is 11.4 Å². The first-order valence-electron chi connectivity index (χ1n) is 7.65. The minimum atomic E-state index is -4.37. The molecule has 0 saturated carbocycles. The van der Waals surface area contributed by atoms with Crippen LogP contribution in [0, 0.1) is 0 Å². The molecule has 4 N–H and O–H groups in total. The molecule has 0 heterocycles. The molecule has 0 radical (unpaired) electrons. The van der Waals surface area contributed by atoms with Crippen molar-refractivity contribution in [3.8, 4) is 0 Å². The number of nitrogens with two attached hydrogens (primary N) is 2. The van der Waals surface area contributed by atoms with E-state index in [0.29, 0.717) is 11.4 Å². The van der Waals surface area contributed by atoms with E-state index in [2.05, 4.69) is 0 Å². The fourth-order valence-corrected chi connectivity index (χ4v) is 1.95. The Morgan fingerprint density at radius 2 is 0.913 bits per heavy atom. The van der Waals surface area contributed by atoms with Crippen LogP contribution in [-0.4, -0.2) is 6.18 Å². The van der Waals surface area contributed by atoms with Crippen LogP contribution in [0.15, 0.2) is 48.5 Å². The van der Waals surface area contributed by atoms with Gasteiger partial charge in [-0.05, 0) is 35.4 Å². The van der Waals surface area contributed by atoms with Crippen LogP contribution in [-0.2, 0) is 0 Å². The van der Waals surface area contributed by atoms with Gasteiger partial charge in [-0.2, -0.15) is 13.2 Å². The molecule has 2 aromatic carbocycles. The van der Waals surface area contributed by atoms with Crippen LogP contribution in [0.25, 0.3) is 0 Å². The van der Waals surface area contributed by atoms with Crippen LogP contribution in [0.1, 0.15) is 44.7 Å². The second-order valence-corrected chi connectivity index (χ2v) is 4.31. The smallest absolute Gasteiger partial charge is 0.399 e. The lowest BCUT2D eigenvalue weighted by Gasteiger charge is -2.21. The van der Waals surface area contributed by atoms with Gasteiger partial charge in [0.1, 0.15) is 5.92 Å². The van der Waals surface area contributed by atoms with Crippen LogP contribution in [0.3, 0.4) is 0 Å². The molecule has 0 aliphatic heterocycles. The van der Waals surface area contributed by atoms with E-state index in [1.807, 2.05) is 27.7 Å². The van der Waals surface area contributed by atoms with Gasteiger partial charge in [0.2, 0.25) is 0 Å². The van der Waals surface area contributed by atoms with Crippen molar-refractivity contribution in [3.05, 3.63) is 59.7 Å². The number of rotatable bonds is 2. The summed E-state index contributed by atoms with van der Waals surface area (Å²) in [7, 11) is 0. The van der Waals surface area contributed by atoms with Crippen molar-refractivity contribution in [1.29, 1.82) is 0 Å². The van der Waals surface area contributed by atoms with Crippen molar-refractivity contribution in [2.75, 3.05) is 11.5 Å². The van der Waals surface area contributed by atoms with E-state index in [1.165, 1.54) is 48.5 Å². The lowest BCUT2D eigenvalue weighted by molar-refractivity contribution is -0.141. The van der Waals surface area contributed by atoms with E-state index < -0.39 is 12.1 Å². The maximum atomic E-state index is 13.2. The van der Waals surface area contributed by atoms with Gasteiger partial charge in [-0.15, -0.1) is 0 Å². The van der Waals surface area contributed by atoms with Gasteiger partial charge < -0.3 is 11.5 Å². The quantitative estimate of drug-likeness (QED) is 0.706. The third kappa shape index (κ3) is 6.22. The third-order valence-electron chi connectivity index (χ3n) is 2.87. The first kappa shape index (κ1) is 20.8. The van der Waals surface area contributed by atoms with Crippen molar-refractivity contribution >= 4 is 11.4 Å². The Morgan fingerprint density at radius 3 is 1.13 bits per heavy atom. The second kappa shape index (κ2) is 9.77. The summed E-state index contributed by atoms with van der Waals surface area (Å²) in [6, 6.07) is 11.4.